The summed E-state index contributed by atoms with van der Waals surface area (Å²) in [5.74, 6) is 2.01. The molecule has 2 aliphatic carbocycles. The molecule has 3 aliphatic rings. The number of piperazine rings is 1. The highest BCUT2D eigenvalue weighted by Crippen LogP contribution is 2.32. The van der Waals surface area contributed by atoms with Gasteiger partial charge in [-0.25, -0.2) is 0 Å². The van der Waals surface area contributed by atoms with Crippen LogP contribution in [0.1, 0.15) is 45.4 Å². The van der Waals surface area contributed by atoms with E-state index in [1.54, 1.807) is 0 Å². The smallest absolute Gasteiger partial charge is 0.0252 e. The predicted octanol–water partition coefficient (Wildman–Crippen LogP) is 2.18. The average Bonchev–Trinajstić information content (AvgIpc) is 3.31. The Morgan fingerprint density at radius 2 is 1.65 bits per heavy atom. The monoisotopic (exact) mass is 279 g/mol. The second-order valence-electron chi connectivity index (χ2n) is 7.33. The van der Waals surface area contributed by atoms with Crippen molar-refractivity contribution in [1.29, 1.82) is 0 Å². The summed E-state index contributed by atoms with van der Waals surface area (Å²) in [5.41, 5.74) is 0. The van der Waals surface area contributed by atoms with Gasteiger partial charge in [-0.2, -0.15) is 0 Å². The van der Waals surface area contributed by atoms with E-state index in [1.807, 2.05) is 0 Å². The van der Waals surface area contributed by atoms with E-state index < -0.39 is 0 Å². The highest BCUT2D eigenvalue weighted by Gasteiger charge is 2.35. The highest BCUT2D eigenvalue weighted by molar-refractivity contribution is 4.92. The first-order valence-electron chi connectivity index (χ1n) is 8.93. The van der Waals surface area contributed by atoms with Crippen LogP contribution >= 0.6 is 0 Å². The van der Waals surface area contributed by atoms with E-state index in [2.05, 4.69) is 29.1 Å². The second kappa shape index (κ2) is 6.76. The molecule has 3 rings (SSSR count). The molecule has 1 aliphatic heterocycles. The van der Waals surface area contributed by atoms with Crippen molar-refractivity contribution in [3.8, 4) is 0 Å². The van der Waals surface area contributed by atoms with Crippen LogP contribution in [0.15, 0.2) is 0 Å². The number of likely N-dealkylation sites (N-methyl/N-ethyl adjacent to an activating group) is 1. The van der Waals surface area contributed by atoms with E-state index in [0.29, 0.717) is 0 Å². The Hall–Kier alpha value is -0.120. The molecule has 20 heavy (non-hydrogen) atoms. The van der Waals surface area contributed by atoms with Crippen molar-refractivity contribution >= 4 is 0 Å². The van der Waals surface area contributed by atoms with Gasteiger partial charge < -0.3 is 10.2 Å². The number of nitrogens with one attached hydrogen (secondary N) is 1. The molecule has 3 fully saturated rings. The van der Waals surface area contributed by atoms with E-state index in [1.165, 1.54) is 71.2 Å². The normalized spacial score (nSPS) is 37.2. The third-order valence-corrected chi connectivity index (χ3v) is 5.96. The van der Waals surface area contributed by atoms with Gasteiger partial charge in [-0.1, -0.05) is 13.3 Å². The molecule has 0 aromatic carbocycles. The zero-order valence-electron chi connectivity index (χ0n) is 13.5. The Morgan fingerprint density at radius 3 is 2.25 bits per heavy atom. The van der Waals surface area contributed by atoms with Gasteiger partial charge in [-0.05, 0) is 51.0 Å². The summed E-state index contributed by atoms with van der Waals surface area (Å²) in [5, 5.41) is 3.59. The molecule has 1 heterocycles. The quantitative estimate of drug-likeness (QED) is 0.832. The van der Waals surface area contributed by atoms with Crippen LogP contribution in [-0.4, -0.2) is 61.7 Å². The molecule has 0 radical (unpaired) electrons. The molecule has 0 amide bonds. The fourth-order valence-electron chi connectivity index (χ4n) is 4.29. The molecule has 3 atom stereocenters. The van der Waals surface area contributed by atoms with Gasteiger partial charge in [-0.15, -0.1) is 0 Å². The van der Waals surface area contributed by atoms with E-state index in [0.717, 1.165) is 23.9 Å². The predicted molar refractivity (Wildman–Crippen MR) is 85.0 cm³/mol. The summed E-state index contributed by atoms with van der Waals surface area (Å²) in [6.07, 6.45) is 8.58. The summed E-state index contributed by atoms with van der Waals surface area (Å²) >= 11 is 0. The van der Waals surface area contributed by atoms with Gasteiger partial charge in [0.2, 0.25) is 0 Å². The lowest BCUT2D eigenvalue weighted by atomic mass is 9.80. The lowest BCUT2D eigenvalue weighted by Crippen LogP contribution is -2.58. The molecule has 116 valence electrons. The summed E-state index contributed by atoms with van der Waals surface area (Å²) < 4.78 is 0. The summed E-state index contributed by atoms with van der Waals surface area (Å²) in [7, 11) is 2.16. The van der Waals surface area contributed by atoms with Gasteiger partial charge in [0.05, 0.1) is 0 Å². The van der Waals surface area contributed by atoms with Crippen molar-refractivity contribution in [3.05, 3.63) is 0 Å². The van der Waals surface area contributed by atoms with Crippen LogP contribution in [0.4, 0.5) is 0 Å². The van der Waals surface area contributed by atoms with Crippen LogP contribution < -0.4 is 5.32 Å². The lowest BCUT2D eigenvalue weighted by Gasteiger charge is -2.46. The Labute approximate surface area is 125 Å². The number of hydrogen-bond donors (Lipinski definition) is 1. The fraction of sp³-hybridized carbons (Fsp3) is 1.00. The van der Waals surface area contributed by atoms with Gasteiger partial charge in [0.25, 0.3) is 0 Å². The zero-order chi connectivity index (χ0) is 13.9. The molecule has 0 aromatic rings. The Bertz CT molecular complexity index is 295. The maximum Gasteiger partial charge on any atom is 0.0252 e. The van der Waals surface area contributed by atoms with E-state index in [-0.39, 0.29) is 0 Å². The average molecular weight is 279 g/mol. The van der Waals surface area contributed by atoms with Crippen molar-refractivity contribution in [1.82, 2.24) is 15.1 Å². The number of hydrogen-bond acceptors (Lipinski definition) is 3. The maximum atomic E-state index is 3.59. The molecule has 0 bridgehead atoms. The molecule has 0 spiro atoms. The maximum absolute atomic E-state index is 3.59. The van der Waals surface area contributed by atoms with Crippen molar-refractivity contribution in [3.63, 3.8) is 0 Å². The molecule has 3 nitrogen and oxygen atoms in total. The minimum atomic E-state index is 0.729. The van der Waals surface area contributed by atoms with E-state index in [4.69, 9.17) is 0 Å². The minimum Gasteiger partial charge on any atom is -0.315 e. The molecule has 3 heteroatoms. The van der Waals surface area contributed by atoms with E-state index >= 15 is 0 Å². The minimum absolute atomic E-state index is 0.729. The molecule has 0 aromatic heterocycles. The van der Waals surface area contributed by atoms with Gasteiger partial charge in [-0.3, -0.25) is 4.90 Å². The Balaban J connectivity index is 1.51. The molecular weight excluding hydrogens is 246 g/mol. The zero-order valence-corrected chi connectivity index (χ0v) is 13.5. The standard InChI is InChI=1S/C17H33N3/c1-3-14-6-7-16(18-2)17(12-14)20-10-8-19(9-11-20)13-15-4-5-15/h14-18H,3-13H2,1-2H3. The molecule has 3 unspecified atom stereocenters. The van der Waals surface area contributed by atoms with Gasteiger partial charge in [0, 0.05) is 44.8 Å². The third kappa shape index (κ3) is 3.55. The summed E-state index contributed by atoms with van der Waals surface area (Å²) in [6.45, 7) is 8.96. The first-order valence-corrected chi connectivity index (χ1v) is 8.93. The van der Waals surface area contributed by atoms with Crippen molar-refractivity contribution < 1.29 is 0 Å². The van der Waals surface area contributed by atoms with Crippen LogP contribution in [0.3, 0.4) is 0 Å². The van der Waals surface area contributed by atoms with Gasteiger partial charge in [0.1, 0.15) is 0 Å². The van der Waals surface area contributed by atoms with Crippen LogP contribution in [-0.2, 0) is 0 Å². The largest absolute Gasteiger partial charge is 0.315 e. The SMILES string of the molecule is CCC1CCC(NC)C(N2CCN(CC3CC3)CC2)C1. The topological polar surface area (TPSA) is 18.5 Å². The number of nitrogens with zero attached hydrogens (tertiary/aromatic N) is 2. The van der Waals surface area contributed by atoms with Crippen LogP contribution in [0.25, 0.3) is 0 Å². The third-order valence-electron chi connectivity index (χ3n) is 5.96. The molecule has 2 saturated carbocycles. The van der Waals surface area contributed by atoms with Crippen molar-refractivity contribution in [2.45, 2.75) is 57.5 Å². The highest BCUT2D eigenvalue weighted by atomic mass is 15.3. The second-order valence-corrected chi connectivity index (χ2v) is 7.33. The lowest BCUT2D eigenvalue weighted by molar-refractivity contribution is 0.0475. The Kier molecular flexibility index (Phi) is 5.00. The van der Waals surface area contributed by atoms with Crippen LogP contribution in [0.5, 0.6) is 0 Å². The number of rotatable bonds is 5. The van der Waals surface area contributed by atoms with E-state index in [9.17, 15) is 0 Å². The van der Waals surface area contributed by atoms with Crippen LogP contribution in [0.2, 0.25) is 0 Å². The first kappa shape index (κ1) is 14.8. The summed E-state index contributed by atoms with van der Waals surface area (Å²) in [4.78, 5) is 5.51. The van der Waals surface area contributed by atoms with Crippen molar-refractivity contribution in [2.75, 3.05) is 39.8 Å². The summed E-state index contributed by atoms with van der Waals surface area (Å²) in [6, 6.07) is 1.52. The van der Waals surface area contributed by atoms with Crippen LogP contribution in [0, 0.1) is 11.8 Å². The fourth-order valence-corrected chi connectivity index (χ4v) is 4.29. The Morgan fingerprint density at radius 1 is 0.950 bits per heavy atom. The van der Waals surface area contributed by atoms with Gasteiger partial charge in [0.15, 0.2) is 0 Å². The first-order chi connectivity index (χ1) is 9.80. The van der Waals surface area contributed by atoms with Gasteiger partial charge >= 0.3 is 0 Å². The van der Waals surface area contributed by atoms with Crippen molar-refractivity contribution in [2.24, 2.45) is 11.8 Å². The molecule has 1 saturated heterocycles. The molecule has 1 N–H and O–H groups in total. The molecular formula is C17H33N3.